The Morgan fingerprint density at radius 3 is 2.54 bits per heavy atom. The monoisotopic (exact) mass is 392 g/mol. The standard InChI is InChI=1S/C19H19F3N4O2/c1-11(13-7-8-15(23-10-13)19(20,21)22)24-18(28)14-9-16(27)26-17(25-14)12-5-3-2-4-6-12/h2-8,10-11,14,17,25H,9H2,1H3,(H,24,28)(H,26,27). The minimum absolute atomic E-state index is 0.0346. The van der Waals surface area contributed by atoms with E-state index < -0.39 is 36.0 Å². The summed E-state index contributed by atoms with van der Waals surface area (Å²) in [5.41, 5.74) is 0.251. The molecule has 1 aliphatic rings. The summed E-state index contributed by atoms with van der Waals surface area (Å²) >= 11 is 0. The lowest BCUT2D eigenvalue weighted by atomic mass is 10.0. The molecule has 2 aromatic rings. The molecule has 1 fully saturated rings. The van der Waals surface area contributed by atoms with E-state index in [0.717, 1.165) is 17.8 Å². The average Bonchev–Trinajstić information content (AvgIpc) is 2.67. The molecule has 3 unspecified atom stereocenters. The Bertz CT molecular complexity index is 841. The second kappa shape index (κ2) is 7.97. The van der Waals surface area contributed by atoms with Crippen LogP contribution >= 0.6 is 0 Å². The van der Waals surface area contributed by atoms with Crippen molar-refractivity contribution in [3.8, 4) is 0 Å². The molecule has 0 radical (unpaired) electrons. The largest absolute Gasteiger partial charge is 0.433 e. The maximum Gasteiger partial charge on any atom is 0.433 e. The number of carbonyl (C=O) groups is 2. The second-order valence-electron chi connectivity index (χ2n) is 6.54. The Balaban J connectivity index is 1.65. The van der Waals surface area contributed by atoms with Crippen molar-refractivity contribution < 1.29 is 22.8 Å². The molecule has 1 aliphatic heterocycles. The van der Waals surface area contributed by atoms with Crippen LogP contribution in [0.25, 0.3) is 0 Å². The first-order chi connectivity index (χ1) is 13.2. The average molecular weight is 392 g/mol. The first kappa shape index (κ1) is 19.8. The second-order valence-corrected chi connectivity index (χ2v) is 6.54. The zero-order valence-electron chi connectivity index (χ0n) is 15.0. The third kappa shape index (κ3) is 4.66. The highest BCUT2D eigenvalue weighted by Crippen LogP contribution is 2.28. The molecule has 1 aromatic carbocycles. The van der Waals surface area contributed by atoms with Gasteiger partial charge in [0.15, 0.2) is 0 Å². The lowest BCUT2D eigenvalue weighted by Gasteiger charge is -2.31. The minimum Gasteiger partial charge on any atom is -0.348 e. The Kier molecular flexibility index (Phi) is 5.64. The van der Waals surface area contributed by atoms with Gasteiger partial charge in [-0.05, 0) is 24.1 Å². The van der Waals surface area contributed by atoms with E-state index in [1.807, 2.05) is 30.3 Å². The molecular formula is C19H19F3N4O2. The molecule has 9 heteroatoms. The topological polar surface area (TPSA) is 83.1 Å². The number of nitrogens with zero attached hydrogens (tertiary/aromatic N) is 1. The van der Waals surface area contributed by atoms with Crippen molar-refractivity contribution in [1.29, 1.82) is 0 Å². The smallest absolute Gasteiger partial charge is 0.348 e. The Labute approximate surface area is 159 Å². The number of amides is 2. The molecule has 0 bridgehead atoms. The highest BCUT2D eigenvalue weighted by molar-refractivity contribution is 5.89. The van der Waals surface area contributed by atoms with Crippen LogP contribution < -0.4 is 16.0 Å². The van der Waals surface area contributed by atoms with Crippen molar-refractivity contribution in [2.45, 2.75) is 37.8 Å². The summed E-state index contributed by atoms with van der Waals surface area (Å²) in [5.74, 6) is -0.681. The number of nitrogens with one attached hydrogen (secondary N) is 3. The fourth-order valence-electron chi connectivity index (χ4n) is 2.93. The summed E-state index contributed by atoms with van der Waals surface area (Å²) in [5, 5.41) is 8.57. The highest BCUT2D eigenvalue weighted by Gasteiger charge is 2.33. The van der Waals surface area contributed by atoms with Gasteiger partial charge in [0.2, 0.25) is 11.8 Å². The molecule has 3 N–H and O–H groups in total. The lowest BCUT2D eigenvalue weighted by Crippen LogP contribution is -2.56. The summed E-state index contributed by atoms with van der Waals surface area (Å²) in [6.07, 6.45) is -3.97. The molecule has 0 aliphatic carbocycles. The van der Waals surface area contributed by atoms with E-state index in [1.54, 1.807) is 6.92 Å². The minimum atomic E-state index is -4.52. The van der Waals surface area contributed by atoms with Crippen LogP contribution in [0.3, 0.4) is 0 Å². The van der Waals surface area contributed by atoms with Crippen LogP contribution in [0.5, 0.6) is 0 Å². The van der Waals surface area contributed by atoms with E-state index >= 15 is 0 Å². The van der Waals surface area contributed by atoms with Gasteiger partial charge in [-0.1, -0.05) is 36.4 Å². The Morgan fingerprint density at radius 1 is 1.21 bits per heavy atom. The zero-order chi connectivity index (χ0) is 20.3. The van der Waals surface area contributed by atoms with E-state index in [2.05, 4.69) is 20.9 Å². The van der Waals surface area contributed by atoms with Crippen LogP contribution in [0.4, 0.5) is 13.2 Å². The number of rotatable bonds is 4. The van der Waals surface area contributed by atoms with Gasteiger partial charge in [0.05, 0.1) is 18.5 Å². The maximum absolute atomic E-state index is 12.6. The molecule has 2 amide bonds. The van der Waals surface area contributed by atoms with E-state index in [0.29, 0.717) is 5.56 Å². The third-order valence-corrected chi connectivity index (χ3v) is 4.45. The summed E-state index contributed by atoms with van der Waals surface area (Å²) in [6, 6.07) is 9.97. The van der Waals surface area contributed by atoms with Crippen LogP contribution in [0, 0.1) is 0 Å². The molecule has 3 atom stereocenters. The molecule has 2 heterocycles. The molecule has 0 spiro atoms. The summed E-state index contributed by atoms with van der Waals surface area (Å²) in [4.78, 5) is 28.0. The summed E-state index contributed by atoms with van der Waals surface area (Å²) in [7, 11) is 0. The quantitative estimate of drug-likeness (QED) is 0.747. The summed E-state index contributed by atoms with van der Waals surface area (Å²) in [6.45, 7) is 1.64. The van der Waals surface area contributed by atoms with Gasteiger partial charge in [0.25, 0.3) is 0 Å². The number of hydrogen-bond acceptors (Lipinski definition) is 4. The van der Waals surface area contributed by atoms with Crippen molar-refractivity contribution in [3.63, 3.8) is 0 Å². The number of hydrogen-bond donors (Lipinski definition) is 3. The van der Waals surface area contributed by atoms with E-state index in [4.69, 9.17) is 0 Å². The van der Waals surface area contributed by atoms with Crippen molar-refractivity contribution >= 4 is 11.8 Å². The lowest BCUT2D eigenvalue weighted by molar-refractivity contribution is -0.141. The first-order valence-electron chi connectivity index (χ1n) is 8.68. The van der Waals surface area contributed by atoms with Crippen LogP contribution in [-0.4, -0.2) is 22.8 Å². The fraction of sp³-hybridized carbons (Fsp3) is 0.316. The number of pyridine rings is 1. The predicted octanol–water partition coefficient (Wildman–Crippen LogP) is 2.45. The molecule has 28 heavy (non-hydrogen) atoms. The molecular weight excluding hydrogens is 373 g/mol. The molecule has 3 rings (SSSR count). The molecule has 0 saturated carbocycles. The van der Waals surface area contributed by atoms with Gasteiger partial charge in [0, 0.05) is 6.20 Å². The van der Waals surface area contributed by atoms with E-state index in [-0.39, 0.29) is 12.3 Å². The maximum atomic E-state index is 12.6. The van der Waals surface area contributed by atoms with Gasteiger partial charge in [-0.15, -0.1) is 0 Å². The Morgan fingerprint density at radius 2 is 1.93 bits per heavy atom. The van der Waals surface area contributed by atoms with Crippen molar-refractivity contribution in [2.24, 2.45) is 0 Å². The fourth-order valence-corrected chi connectivity index (χ4v) is 2.93. The van der Waals surface area contributed by atoms with Crippen molar-refractivity contribution in [2.75, 3.05) is 0 Å². The van der Waals surface area contributed by atoms with Gasteiger partial charge in [-0.2, -0.15) is 13.2 Å². The van der Waals surface area contributed by atoms with E-state index in [9.17, 15) is 22.8 Å². The van der Waals surface area contributed by atoms with Gasteiger partial charge in [-0.3, -0.25) is 19.9 Å². The number of benzene rings is 1. The number of carbonyl (C=O) groups excluding carboxylic acids is 2. The number of halogens is 3. The third-order valence-electron chi connectivity index (χ3n) is 4.45. The van der Waals surface area contributed by atoms with E-state index in [1.165, 1.54) is 6.07 Å². The van der Waals surface area contributed by atoms with Crippen LogP contribution in [0.15, 0.2) is 48.7 Å². The van der Waals surface area contributed by atoms with Crippen molar-refractivity contribution in [3.05, 3.63) is 65.5 Å². The molecule has 148 valence electrons. The normalized spacial score (nSPS) is 20.9. The first-order valence-corrected chi connectivity index (χ1v) is 8.68. The molecule has 1 aromatic heterocycles. The number of alkyl halides is 3. The van der Waals surface area contributed by atoms with Crippen LogP contribution in [-0.2, 0) is 15.8 Å². The Hall–Kier alpha value is -2.94. The van der Waals surface area contributed by atoms with Gasteiger partial charge >= 0.3 is 6.18 Å². The van der Waals surface area contributed by atoms with Crippen LogP contribution in [0.2, 0.25) is 0 Å². The predicted molar refractivity (Wildman–Crippen MR) is 94.7 cm³/mol. The molecule has 1 saturated heterocycles. The van der Waals surface area contributed by atoms with Gasteiger partial charge in [0.1, 0.15) is 11.9 Å². The van der Waals surface area contributed by atoms with Gasteiger partial charge in [-0.25, -0.2) is 0 Å². The van der Waals surface area contributed by atoms with Crippen LogP contribution in [0.1, 0.15) is 42.4 Å². The number of aromatic nitrogens is 1. The SMILES string of the molecule is CC(NC(=O)C1CC(=O)NC(c2ccccc2)N1)c1ccc(C(F)(F)F)nc1. The highest BCUT2D eigenvalue weighted by atomic mass is 19.4. The van der Waals surface area contributed by atoms with Gasteiger partial charge < -0.3 is 10.6 Å². The zero-order valence-corrected chi connectivity index (χ0v) is 15.0. The summed E-state index contributed by atoms with van der Waals surface area (Å²) < 4.78 is 37.8. The van der Waals surface area contributed by atoms with Crippen molar-refractivity contribution in [1.82, 2.24) is 20.9 Å². The molecule has 6 nitrogen and oxygen atoms in total.